The van der Waals surface area contributed by atoms with Gasteiger partial charge >= 0.3 is 0 Å². The second kappa shape index (κ2) is 6.68. The normalized spacial score (nSPS) is 25.8. The Morgan fingerprint density at radius 1 is 1.62 bits per heavy atom. The predicted octanol–water partition coefficient (Wildman–Crippen LogP) is 1.63. The summed E-state index contributed by atoms with van der Waals surface area (Å²) in [6, 6.07) is 1.21. The average molecular weight is 203 g/mol. The van der Waals surface area contributed by atoms with Crippen molar-refractivity contribution in [2.45, 2.75) is 44.7 Å². The lowest BCUT2D eigenvalue weighted by atomic mass is 10.1. The summed E-state index contributed by atoms with van der Waals surface area (Å²) in [6.45, 7) is 2.49. The van der Waals surface area contributed by atoms with Crippen molar-refractivity contribution in [3.8, 4) is 0 Å². The molecule has 0 amide bonds. The van der Waals surface area contributed by atoms with E-state index >= 15 is 0 Å². The van der Waals surface area contributed by atoms with Gasteiger partial charge in [0, 0.05) is 24.4 Å². The molecule has 1 aliphatic heterocycles. The number of aliphatic hydroxyl groups excluding tert-OH is 1. The molecule has 0 spiro atoms. The van der Waals surface area contributed by atoms with Crippen LogP contribution in [0.5, 0.6) is 0 Å². The molecule has 13 heavy (non-hydrogen) atoms. The van der Waals surface area contributed by atoms with Gasteiger partial charge in [-0.15, -0.1) is 0 Å². The Morgan fingerprint density at radius 2 is 2.46 bits per heavy atom. The Balaban J connectivity index is 2.18. The van der Waals surface area contributed by atoms with Crippen LogP contribution in [0.15, 0.2) is 0 Å². The van der Waals surface area contributed by atoms with E-state index in [9.17, 15) is 0 Å². The Morgan fingerprint density at radius 3 is 3.00 bits per heavy atom. The molecule has 1 rings (SSSR count). The molecular formula is C10H21NOS. The standard InChI is InChI=1S/C10H21NOS/c1-2-9(5-6-12)11-10-4-3-7-13-8-10/h9-12H,2-8H2,1H3. The predicted molar refractivity (Wildman–Crippen MR) is 59.3 cm³/mol. The number of thioether (sulfide) groups is 1. The van der Waals surface area contributed by atoms with Crippen molar-refractivity contribution in [2.75, 3.05) is 18.1 Å². The number of rotatable bonds is 5. The van der Waals surface area contributed by atoms with Gasteiger partial charge in [-0.1, -0.05) is 6.92 Å². The third-order valence-electron chi connectivity index (χ3n) is 2.60. The Hall–Kier alpha value is 0.270. The fraction of sp³-hybridized carbons (Fsp3) is 1.00. The van der Waals surface area contributed by atoms with Gasteiger partial charge in [-0.25, -0.2) is 0 Å². The molecule has 78 valence electrons. The summed E-state index contributed by atoms with van der Waals surface area (Å²) in [6.07, 6.45) is 4.69. The van der Waals surface area contributed by atoms with E-state index < -0.39 is 0 Å². The number of hydrogen-bond donors (Lipinski definition) is 2. The summed E-state index contributed by atoms with van der Waals surface area (Å²) in [5, 5.41) is 12.5. The van der Waals surface area contributed by atoms with Gasteiger partial charge in [-0.05, 0) is 31.4 Å². The lowest BCUT2D eigenvalue weighted by Crippen LogP contribution is -2.41. The van der Waals surface area contributed by atoms with Crippen molar-refractivity contribution in [1.82, 2.24) is 5.32 Å². The Kier molecular flexibility index (Phi) is 5.83. The van der Waals surface area contributed by atoms with Crippen molar-refractivity contribution in [1.29, 1.82) is 0 Å². The Bertz CT molecular complexity index is 123. The van der Waals surface area contributed by atoms with Gasteiger partial charge in [0.15, 0.2) is 0 Å². The van der Waals surface area contributed by atoms with Gasteiger partial charge in [0.05, 0.1) is 0 Å². The zero-order chi connectivity index (χ0) is 9.52. The largest absolute Gasteiger partial charge is 0.396 e. The molecule has 1 saturated heterocycles. The zero-order valence-corrected chi connectivity index (χ0v) is 9.28. The molecule has 0 aromatic heterocycles. The van der Waals surface area contributed by atoms with Crippen LogP contribution in [0.1, 0.15) is 32.6 Å². The molecule has 3 heteroatoms. The van der Waals surface area contributed by atoms with Crippen molar-refractivity contribution in [3.63, 3.8) is 0 Å². The van der Waals surface area contributed by atoms with E-state index in [0.29, 0.717) is 18.7 Å². The van der Waals surface area contributed by atoms with E-state index in [1.807, 2.05) is 11.8 Å². The van der Waals surface area contributed by atoms with E-state index in [2.05, 4.69) is 12.2 Å². The molecule has 0 aromatic carbocycles. The maximum absolute atomic E-state index is 8.85. The van der Waals surface area contributed by atoms with Gasteiger partial charge in [-0.3, -0.25) is 0 Å². The third kappa shape index (κ3) is 4.34. The van der Waals surface area contributed by atoms with E-state index in [0.717, 1.165) is 12.8 Å². The summed E-state index contributed by atoms with van der Waals surface area (Å²) in [5.74, 6) is 2.58. The summed E-state index contributed by atoms with van der Waals surface area (Å²) < 4.78 is 0. The lowest BCUT2D eigenvalue weighted by molar-refractivity contribution is 0.255. The Labute approximate surface area is 85.5 Å². The lowest BCUT2D eigenvalue weighted by Gasteiger charge is -2.27. The average Bonchev–Trinajstić information content (AvgIpc) is 2.19. The summed E-state index contributed by atoms with van der Waals surface area (Å²) >= 11 is 2.05. The molecule has 0 bridgehead atoms. The molecule has 1 heterocycles. The van der Waals surface area contributed by atoms with Gasteiger partial charge in [0.2, 0.25) is 0 Å². The monoisotopic (exact) mass is 203 g/mol. The van der Waals surface area contributed by atoms with Crippen LogP contribution in [-0.2, 0) is 0 Å². The van der Waals surface area contributed by atoms with E-state index in [4.69, 9.17) is 5.11 Å². The maximum Gasteiger partial charge on any atom is 0.0445 e. The molecule has 1 fully saturated rings. The van der Waals surface area contributed by atoms with Crippen LogP contribution in [0.25, 0.3) is 0 Å². The molecule has 0 aliphatic carbocycles. The van der Waals surface area contributed by atoms with Crippen molar-refractivity contribution in [3.05, 3.63) is 0 Å². The molecule has 1 aliphatic rings. The highest BCUT2D eigenvalue weighted by atomic mass is 32.2. The first-order valence-corrected chi connectivity index (χ1v) is 6.47. The molecule has 2 N–H and O–H groups in total. The maximum atomic E-state index is 8.85. The van der Waals surface area contributed by atoms with Crippen molar-refractivity contribution in [2.24, 2.45) is 0 Å². The van der Waals surface area contributed by atoms with Crippen LogP contribution in [0.3, 0.4) is 0 Å². The highest BCUT2D eigenvalue weighted by Crippen LogP contribution is 2.17. The molecule has 2 unspecified atom stereocenters. The molecule has 0 aromatic rings. The van der Waals surface area contributed by atoms with Gasteiger partial charge < -0.3 is 10.4 Å². The molecular weight excluding hydrogens is 182 g/mol. The van der Waals surface area contributed by atoms with Gasteiger partial charge in [-0.2, -0.15) is 11.8 Å². The molecule has 0 saturated carbocycles. The van der Waals surface area contributed by atoms with Crippen LogP contribution < -0.4 is 5.32 Å². The second-order valence-corrected chi connectivity index (χ2v) is 4.85. The van der Waals surface area contributed by atoms with Crippen LogP contribution in [0, 0.1) is 0 Å². The summed E-state index contributed by atoms with van der Waals surface area (Å²) in [5.41, 5.74) is 0. The zero-order valence-electron chi connectivity index (χ0n) is 8.46. The van der Waals surface area contributed by atoms with Gasteiger partial charge in [0.25, 0.3) is 0 Å². The quantitative estimate of drug-likeness (QED) is 0.712. The van der Waals surface area contributed by atoms with Crippen molar-refractivity contribution >= 4 is 11.8 Å². The highest BCUT2D eigenvalue weighted by Gasteiger charge is 2.16. The molecule has 2 atom stereocenters. The summed E-state index contributed by atoms with van der Waals surface area (Å²) in [4.78, 5) is 0. The second-order valence-electron chi connectivity index (χ2n) is 3.70. The van der Waals surface area contributed by atoms with Crippen LogP contribution in [-0.4, -0.2) is 35.3 Å². The van der Waals surface area contributed by atoms with E-state index in [1.165, 1.54) is 24.3 Å². The highest BCUT2D eigenvalue weighted by molar-refractivity contribution is 7.99. The van der Waals surface area contributed by atoms with Crippen LogP contribution in [0.2, 0.25) is 0 Å². The minimum atomic E-state index is 0.311. The van der Waals surface area contributed by atoms with E-state index in [-0.39, 0.29) is 0 Å². The van der Waals surface area contributed by atoms with Crippen LogP contribution >= 0.6 is 11.8 Å². The van der Waals surface area contributed by atoms with Crippen LogP contribution in [0.4, 0.5) is 0 Å². The minimum absolute atomic E-state index is 0.311. The smallest absolute Gasteiger partial charge is 0.0445 e. The first kappa shape index (κ1) is 11.3. The van der Waals surface area contributed by atoms with E-state index in [1.54, 1.807) is 0 Å². The molecule has 2 nitrogen and oxygen atoms in total. The molecule has 0 radical (unpaired) electrons. The van der Waals surface area contributed by atoms with Gasteiger partial charge in [0.1, 0.15) is 0 Å². The fourth-order valence-corrected chi connectivity index (χ4v) is 2.85. The third-order valence-corrected chi connectivity index (χ3v) is 3.82. The number of hydrogen-bond acceptors (Lipinski definition) is 3. The minimum Gasteiger partial charge on any atom is -0.396 e. The topological polar surface area (TPSA) is 32.3 Å². The first-order chi connectivity index (χ1) is 6.36. The number of nitrogens with one attached hydrogen (secondary N) is 1. The van der Waals surface area contributed by atoms with Crippen molar-refractivity contribution < 1.29 is 5.11 Å². The SMILES string of the molecule is CCC(CCO)NC1CCCSC1. The fourth-order valence-electron chi connectivity index (χ4n) is 1.77. The number of aliphatic hydroxyl groups is 1. The first-order valence-electron chi connectivity index (χ1n) is 5.31. The summed E-state index contributed by atoms with van der Waals surface area (Å²) in [7, 11) is 0.